The molecule has 0 unspecified atom stereocenters. The molecular formula is C24H28N2O6S2. The highest BCUT2D eigenvalue weighted by Crippen LogP contribution is 2.17. The smallest absolute Gasteiger partial charge is 0.329 e. The van der Waals surface area contributed by atoms with E-state index in [0.717, 1.165) is 22.9 Å². The lowest BCUT2D eigenvalue weighted by molar-refractivity contribution is -0.145. The topological polar surface area (TPSA) is 119 Å². The molecule has 0 fully saturated rings. The Hall–Kier alpha value is -2.95. The van der Waals surface area contributed by atoms with Crippen LogP contribution in [0, 0.1) is 6.92 Å². The number of benzene rings is 2. The lowest BCUT2D eigenvalue weighted by Crippen LogP contribution is -2.45. The van der Waals surface area contributed by atoms with Gasteiger partial charge in [-0.2, -0.15) is 4.72 Å². The first-order valence-corrected chi connectivity index (χ1v) is 12.9. The zero-order chi connectivity index (χ0) is 25.1. The third-order valence-electron chi connectivity index (χ3n) is 4.59. The summed E-state index contributed by atoms with van der Waals surface area (Å²) in [5, 5.41) is 1.96. The van der Waals surface area contributed by atoms with Gasteiger partial charge in [0, 0.05) is 12.7 Å². The molecule has 182 valence electrons. The number of carbonyl (C=O) groups excluding carboxylic acids is 3. The predicted molar refractivity (Wildman–Crippen MR) is 132 cm³/mol. The van der Waals surface area contributed by atoms with Gasteiger partial charge in [-0.1, -0.05) is 72.4 Å². The molecule has 2 atom stereocenters. The standard InChI is InChI=1S/C24H28N2O6S2/c1-4-14-32-23(28)22(25-18(3)27)16-33-24(29)21(15-19-8-6-5-7-9-19)26-34(30,31)20-12-10-17(2)11-13-20/h4-13,21-22,26H,1,14-16H2,2-3H3,(H,25,27)/t21-,22-/m0/s1. The third-order valence-corrected chi connectivity index (χ3v) is 7.15. The van der Waals surface area contributed by atoms with Gasteiger partial charge in [-0.05, 0) is 31.0 Å². The van der Waals surface area contributed by atoms with Crippen molar-refractivity contribution in [1.29, 1.82) is 0 Å². The molecule has 0 saturated heterocycles. The monoisotopic (exact) mass is 504 g/mol. The average molecular weight is 505 g/mol. The van der Waals surface area contributed by atoms with E-state index < -0.39 is 39.1 Å². The fourth-order valence-electron chi connectivity index (χ4n) is 2.92. The number of thioether (sulfide) groups is 1. The normalized spacial score (nSPS) is 12.9. The number of hydrogen-bond donors (Lipinski definition) is 2. The number of nitrogens with one attached hydrogen (secondary N) is 2. The summed E-state index contributed by atoms with van der Waals surface area (Å²) in [6.45, 7) is 6.51. The van der Waals surface area contributed by atoms with Gasteiger partial charge in [0.05, 0.1) is 10.9 Å². The molecule has 2 rings (SSSR count). The molecular weight excluding hydrogens is 476 g/mol. The second-order valence-corrected chi connectivity index (χ2v) is 10.2. The van der Waals surface area contributed by atoms with Crippen LogP contribution in [0.3, 0.4) is 0 Å². The lowest BCUT2D eigenvalue weighted by Gasteiger charge is -2.20. The van der Waals surface area contributed by atoms with Crippen molar-refractivity contribution in [2.45, 2.75) is 37.2 Å². The van der Waals surface area contributed by atoms with Crippen molar-refractivity contribution in [2.24, 2.45) is 0 Å². The number of carbonyl (C=O) groups is 3. The summed E-state index contributed by atoms with van der Waals surface area (Å²) in [6.07, 6.45) is 1.50. The van der Waals surface area contributed by atoms with Gasteiger partial charge >= 0.3 is 5.97 Å². The van der Waals surface area contributed by atoms with E-state index in [1.165, 1.54) is 25.1 Å². The highest BCUT2D eigenvalue weighted by molar-refractivity contribution is 8.13. The molecule has 10 heteroatoms. The van der Waals surface area contributed by atoms with E-state index >= 15 is 0 Å². The molecule has 0 aliphatic heterocycles. The van der Waals surface area contributed by atoms with Crippen LogP contribution in [0.4, 0.5) is 0 Å². The molecule has 0 aliphatic carbocycles. The quantitative estimate of drug-likeness (QED) is 0.336. The van der Waals surface area contributed by atoms with Crippen molar-refractivity contribution in [3.63, 3.8) is 0 Å². The average Bonchev–Trinajstić information content (AvgIpc) is 2.80. The fraction of sp³-hybridized carbons (Fsp3) is 0.292. The largest absolute Gasteiger partial charge is 0.460 e. The Kier molecular flexibility index (Phi) is 10.5. The maximum atomic E-state index is 13.1. The van der Waals surface area contributed by atoms with Gasteiger partial charge in [0.15, 0.2) is 0 Å². The molecule has 0 aromatic heterocycles. The zero-order valence-corrected chi connectivity index (χ0v) is 20.7. The third kappa shape index (κ3) is 8.77. The second kappa shape index (κ2) is 13.1. The van der Waals surface area contributed by atoms with Crippen molar-refractivity contribution in [3.8, 4) is 0 Å². The van der Waals surface area contributed by atoms with Crippen LogP contribution in [0.5, 0.6) is 0 Å². The highest BCUT2D eigenvalue weighted by Gasteiger charge is 2.29. The molecule has 2 aromatic rings. The van der Waals surface area contributed by atoms with Gasteiger partial charge in [-0.15, -0.1) is 0 Å². The summed E-state index contributed by atoms with van der Waals surface area (Å²) >= 11 is 0.747. The van der Waals surface area contributed by atoms with Crippen LogP contribution in [0.2, 0.25) is 0 Å². The van der Waals surface area contributed by atoms with Gasteiger partial charge < -0.3 is 10.1 Å². The molecule has 0 bridgehead atoms. The van der Waals surface area contributed by atoms with E-state index in [0.29, 0.717) is 0 Å². The molecule has 0 spiro atoms. The molecule has 0 heterocycles. The highest BCUT2D eigenvalue weighted by atomic mass is 32.2. The Bertz CT molecular complexity index is 1100. The van der Waals surface area contributed by atoms with Crippen molar-refractivity contribution in [2.75, 3.05) is 12.4 Å². The van der Waals surface area contributed by atoms with Gasteiger partial charge in [0.25, 0.3) is 0 Å². The molecule has 0 saturated carbocycles. The number of ether oxygens (including phenoxy) is 1. The minimum Gasteiger partial charge on any atom is -0.460 e. The number of rotatable bonds is 12. The van der Waals surface area contributed by atoms with E-state index in [4.69, 9.17) is 4.74 Å². The first-order valence-electron chi connectivity index (χ1n) is 10.5. The van der Waals surface area contributed by atoms with Crippen molar-refractivity contribution in [3.05, 3.63) is 78.4 Å². The summed E-state index contributed by atoms with van der Waals surface area (Å²) in [5.41, 5.74) is 1.66. The van der Waals surface area contributed by atoms with Crippen LogP contribution in [0.1, 0.15) is 18.1 Å². The molecule has 8 nitrogen and oxygen atoms in total. The molecule has 0 aliphatic rings. The van der Waals surface area contributed by atoms with Crippen LogP contribution in [0.15, 0.2) is 72.1 Å². The summed E-state index contributed by atoms with van der Waals surface area (Å²) in [5.74, 6) is -1.30. The Morgan fingerprint density at radius 2 is 1.71 bits per heavy atom. The van der Waals surface area contributed by atoms with Crippen LogP contribution in [0.25, 0.3) is 0 Å². The minimum atomic E-state index is -3.98. The maximum Gasteiger partial charge on any atom is 0.329 e. The summed E-state index contributed by atoms with van der Waals surface area (Å²) in [4.78, 5) is 36.9. The molecule has 2 N–H and O–H groups in total. The zero-order valence-electron chi connectivity index (χ0n) is 19.0. The van der Waals surface area contributed by atoms with Crippen LogP contribution in [-0.2, 0) is 35.6 Å². The molecule has 0 radical (unpaired) electrons. The van der Waals surface area contributed by atoms with Crippen LogP contribution in [-0.4, -0.2) is 49.9 Å². The van der Waals surface area contributed by atoms with E-state index in [9.17, 15) is 22.8 Å². The van der Waals surface area contributed by atoms with E-state index in [-0.39, 0.29) is 23.7 Å². The van der Waals surface area contributed by atoms with Crippen molar-refractivity contribution >= 4 is 38.8 Å². The van der Waals surface area contributed by atoms with Crippen LogP contribution < -0.4 is 10.0 Å². The van der Waals surface area contributed by atoms with E-state index in [2.05, 4.69) is 16.6 Å². The Morgan fingerprint density at radius 1 is 1.06 bits per heavy atom. The maximum absolute atomic E-state index is 13.1. The lowest BCUT2D eigenvalue weighted by atomic mass is 10.1. The van der Waals surface area contributed by atoms with E-state index in [1.54, 1.807) is 36.4 Å². The van der Waals surface area contributed by atoms with Gasteiger partial charge in [-0.25, -0.2) is 13.2 Å². The Labute approximate surface area is 204 Å². The van der Waals surface area contributed by atoms with E-state index in [1.807, 2.05) is 13.0 Å². The predicted octanol–water partition coefficient (Wildman–Crippen LogP) is 2.38. The van der Waals surface area contributed by atoms with Crippen molar-refractivity contribution < 1.29 is 27.5 Å². The Morgan fingerprint density at radius 3 is 2.29 bits per heavy atom. The number of sulfonamides is 1. The summed E-state index contributed by atoms with van der Waals surface area (Å²) in [7, 11) is -3.98. The van der Waals surface area contributed by atoms with Gasteiger partial charge in [0.1, 0.15) is 12.6 Å². The van der Waals surface area contributed by atoms with Crippen LogP contribution >= 0.6 is 11.8 Å². The van der Waals surface area contributed by atoms with Crippen molar-refractivity contribution in [1.82, 2.24) is 10.0 Å². The van der Waals surface area contributed by atoms with Gasteiger partial charge in [-0.3, -0.25) is 9.59 Å². The SMILES string of the molecule is C=CCOC(=O)[C@H](CSC(=O)[C@H](Cc1ccccc1)NS(=O)(=O)c1ccc(C)cc1)NC(C)=O. The summed E-state index contributed by atoms with van der Waals surface area (Å²) < 4.78 is 33.4. The van der Waals surface area contributed by atoms with Gasteiger partial charge in [0.2, 0.25) is 21.0 Å². The first-order chi connectivity index (χ1) is 16.1. The number of aryl methyl sites for hydroxylation is 1. The number of amides is 1. The number of esters is 1. The Balaban J connectivity index is 2.20. The summed E-state index contributed by atoms with van der Waals surface area (Å²) in [6, 6.07) is 13.1. The molecule has 1 amide bonds. The first kappa shape index (κ1) is 27.3. The molecule has 34 heavy (non-hydrogen) atoms. The fourth-order valence-corrected chi connectivity index (χ4v) is 5.08. The minimum absolute atomic E-state index is 0.0399. The number of hydrogen-bond acceptors (Lipinski definition) is 7. The molecule has 2 aromatic carbocycles. The second-order valence-electron chi connectivity index (χ2n) is 7.48.